The molecule has 0 spiro atoms. The van der Waals surface area contributed by atoms with E-state index in [2.05, 4.69) is 5.32 Å². The molecule has 2 aliphatic rings. The van der Waals surface area contributed by atoms with Gasteiger partial charge in [0.15, 0.2) is 0 Å². The van der Waals surface area contributed by atoms with Gasteiger partial charge in [-0.25, -0.2) is 9.18 Å². The Morgan fingerprint density at radius 2 is 1.91 bits per heavy atom. The number of rotatable bonds is 15. The second-order valence-electron chi connectivity index (χ2n) is 10.6. The monoisotopic (exact) mass is 717 g/mol. The van der Waals surface area contributed by atoms with E-state index in [1.165, 1.54) is 29.2 Å². The number of carboxylic acid groups (broad SMARTS) is 1. The maximum absolute atomic E-state index is 15.2. The van der Waals surface area contributed by atoms with Crippen molar-refractivity contribution < 1.29 is 47.7 Å². The number of nitrogens with zero attached hydrogens (tertiary/aromatic N) is 3. The summed E-state index contributed by atoms with van der Waals surface area (Å²) in [5, 5.41) is 11.7. The summed E-state index contributed by atoms with van der Waals surface area (Å²) in [6.07, 6.45) is -1.39. The highest BCUT2D eigenvalue weighted by Gasteiger charge is 2.38. The minimum atomic E-state index is -1.06. The second-order valence-corrected chi connectivity index (χ2v) is 12.3. The summed E-state index contributed by atoms with van der Waals surface area (Å²) in [4.78, 5) is 77.6. The average molecular weight is 719 g/mol. The van der Waals surface area contributed by atoms with Gasteiger partial charge in [0.1, 0.15) is 18.5 Å². The third-order valence-electron chi connectivity index (χ3n) is 7.31. The zero-order valence-corrected chi connectivity index (χ0v) is 27.4. The van der Waals surface area contributed by atoms with E-state index in [1.54, 1.807) is 0 Å². The number of imide groups is 1. The number of primary amides is 1. The van der Waals surface area contributed by atoms with E-state index >= 15 is 4.39 Å². The summed E-state index contributed by atoms with van der Waals surface area (Å²) in [6, 6.07) is 6.17. The number of hydrogen-bond acceptors (Lipinski definition) is 10. The van der Waals surface area contributed by atoms with Crippen molar-refractivity contribution >= 4 is 82.4 Å². The summed E-state index contributed by atoms with van der Waals surface area (Å²) in [5.74, 6) is -4.01. The molecule has 4 rings (SSSR count). The molecule has 5 amide bonds. The fourth-order valence-electron chi connectivity index (χ4n) is 4.98. The molecule has 47 heavy (non-hydrogen) atoms. The van der Waals surface area contributed by atoms with Gasteiger partial charge < -0.3 is 30.5 Å². The molecule has 0 unspecified atom stereocenters. The average Bonchev–Trinajstić information content (AvgIpc) is 3.61. The number of carboxylic acids is 1. The van der Waals surface area contributed by atoms with Crippen LogP contribution in [0.5, 0.6) is 0 Å². The molecule has 2 fully saturated rings. The van der Waals surface area contributed by atoms with Crippen molar-refractivity contribution in [3.05, 3.63) is 45.4 Å². The molecule has 256 valence electrons. The highest BCUT2D eigenvalue weighted by atomic mass is 35.5. The van der Waals surface area contributed by atoms with Crippen LogP contribution in [0.15, 0.2) is 30.3 Å². The van der Waals surface area contributed by atoms with E-state index < -0.39 is 47.7 Å². The number of anilines is 2. The van der Waals surface area contributed by atoms with Crippen molar-refractivity contribution in [3.8, 4) is 0 Å². The van der Waals surface area contributed by atoms with Crippen LogP contribution in [0.25, 0.3) is 0 Å². The van der Waals surface area contributed by atoms with Crippen LogP contribution in [0, 0.1) is 5.82 Å². The SMILES string of the molecule is Cl.NC(=O)[C@H](CCC(=O)O)NCCCCC(=O)N(C[C@H]1CN(c2ccc(N3CCOCC3=O)cc2F)C(=O)O1)C(=O)c1ccc(Cl)s1. The molecule has 2 atom stereocenters. The van der Waals surface area contributed by atoms with Crippen molar-refractivity contribution in [3.63, 3.8) is 0 Å². The number of unbranched alkanes of at least 4 members (excludes halogenated alkanes) is 1. The molecule has 18 heteroatoms. The first-order valence-corrected chi connectivity index (χ1v) is 15.6. The fraction of sp³-hybridized carbons (Fsp3) is 0.448. The Labute approximate surface area is 284 Å². The summed E-state index contributed by atoms with van der Waals surface area (Å²) in [5.41, 5.74) is 5.55. The third-order valence-corrected chi connectivity index (χ3v) is 8.53. The van der Waals surface area contributed by atoms with Gasteiger partial charge in [-0.1, -0.05) is 11.6 Å². The van der Waals surface area contributed by atoms with Crippen LogP contribution in [0.3, 0.4) is 0 Å². The van der Waals surface area contributed by atoms with Crippen LogP contribution >= 0.6 is 35.3 Å². The zero-order chi connectivity index (χ0) is 33.4. The van der Waals surface area contributed by atoms with Gasteiger partial charge in [-0.3, -0.25) is 33.8 Å². The highest BCUT2D eigenvalue weighted by molar-refractivity contribution is 7.18. The van der Waals surface area contributed by atoms with Crippen LogP contribution in [0.1, 0.15) is 41.8 Å². The first-order valence-electron chi connectivity index (χ1n) is 14.4. The summed E-state index contributed by atoms with van der Waals surface area (Å²) < 4.78 is 26.1. The molecule has 1 aromatic carbocycles. The molecule has 2 aliphatic heterocycles. The first-order chi connectivity index (χ1) is 21.9. The van der Waals surface area contributed by atoms with Crippen LogP contribution in [-0.2, 0) is 28.7 Å². The van der Waals surface area contributed by atoms with Gasteiger partial charge >= 0.3 is 12.1 Å². The molecule has 2 saturated heterocycles. The number of carbonyl (C=O) groups excluding carboxylic acids is 5. The number of aliphatic carboxylic acids is 1. The number of cyclic esters (lactones) is 1. The van der Waals surface area contributed by atoms with Crippen molar-refractivity contribution in [2.45, 2.75) is 44.2 Å². The molecular formula is C29H34Cl2FN5O9S. The maximum atomic E-state index is 15.2. The van der Waals surface area contributed by atoms with E-state index in [-0.39, 0.29) is 80.9 Å². The van der Waals surface area contributed by atoms with Gasteiger partial charge in [0.25, 0.3) is 11.8 Å². The molecule has 1 aromatic heterocycles. The topological polar surface area (TPSA) is 189 Å². The number of thiophene rings is 1. The number of nitrogens with one attached hydrogen (secondary N) is 1. The molecule has 0 radical (unpaired) electrons. The van der Waals surface area contributed by atoms with Crippen LogP contribution in [0.4, 0.5) is 20.6 Å². The molecule has 14 nitrogen and oxygen atoms in total. The lowest BCUT2D eigenvalue weighted by Crippen LogP contribution is -2.43. The minimum Gasteiger partial charge on any atom is -0.481 e. The Bertz CT molecular complexity index is 1500. The molecule has 2 aromatic rings. The number of halogens is 3. The van der Waals surface area contributed by atoms with Gasteiger partial charge in [-0.05, 0) is 56.1 Å². The number of hydrogen-bond donors (Lipinski definition) is 3. The van der Waals surface area contributed by atoms with E-state index in [0.717, 1.165) is 27.2 Å². The van der Waals surface area contributed by atoms with E-state index in [4.69, 9.17) is 31.9 Å². The van der Waals surface area contributed by atoms with Gasteiger partial charge in [-0.2, -0.15) is 0 Å². The quantitative estimate of drug-likeness (QED) is 0.231. The number of amides is 5. The smallest absolute Gasteiger partial charge is 0.414 e. The van der Waals surface area contributed by atoms with E-state index in [9.17, 15) is 28.8 Å². The van der Waals surface area contributed by atoms with Crippen LogP contribution in [-0.4, -0.2) is 97.2 Å². The second kappa shape index (κ2) is 17.4. The van der Waals surface area contributed by atoms with Crippen LogP contribution in [0.2, 0.25) is 4.34 Å². The molecule has 4 N–H and O–H groups in total. The van der Waals surface area contributed by atoms with Crippen molar-refractivity contribution in [1.82, 2.24) is 10.2 Å². The number of ether oxygens (including phenoxy) is 2. The lowest BCUT2D eigenvalue weighted by atomic mass is 10.1. The number of carbonyl (C=O) groups is 6. The minimum absolute atomic E-state index is 0. The van der Waals surface area contributed by atoms with Gasteiger partial charge in [0.2, 0.25) is 11.8 Å². The van der Waals surface area contributed by atoms with Gasteiger partial charge in [-0.15, -0.1) is 23.7 Å². The lowest BCUT2D eigenvalue weighted by Gasteiger charge is -2.27. The molecule has 0 bridgehead atoms. The third kappa shape index (κ3) is 10.1. The predicted molar refractivity (Wildman–Crippen MR) is 172 cm³/mol. The van der Waals surface area contributed by atoms with E-state index in [0.29, 0.717) is 29.5 Å². The fourth-order valence-corrected chi connectivity index (χ4v) is 5.97. The van der Waals surface area contributed by atoms with Gasteiger partial charge in [0.05, 0.1) is 40.6 Å². The number of nitrogens with two attached hydrogens (primary N) is 1. The molecule has 3 heterocycles. The lowest BCUT2D eigenvalue weighted by molar-refractivity contribution is -0.137. The Morgan fingerprint density at radius 1 is 1.15 bits per heavy atom. The largest absolute Gasteiger partial charge is 0.481 e. The van der Waals surface area contributed by atoms with Gasteiger partial charge in [0, 0.05) is 25.1 Å². The van der Waals surface area contributed by atoms with Crippen molar-refractivity contribution in [2.24, 2.45) is 5.73 Å². The standard InChI is InChI=1S/C29H33ClFN5O9S.ClH/c30-23-8-7-22(46-23)28(42)36(24(37)3-1-2-10-33-20(27(32)41)5-9-26(39)40)15-18-14-35(29(43)45-18)21-6-4-17(13-19(21)31)34-11-12-44-16-25(34)38;/h4,6-8,13,18,20,33H,1-3,5,9-12,14-16H2,(H2,32,41)(H,39,40);1H/t18-,20+;/m1./s1. The van der Waals surface area contributed by atoms with Crippen molar-refractivity contribution in [2.75, 3.05) is 49.2 Å². The zero-order valence-electron chi connectivity index (χ0n) is 25.0. The summed E-state index contributed by atoms with van der Waals surface area (Å²) >= 11 is 6.99. The van der Waals surface area contributed by atoms with Crippen LogP contribution < -0.4 is 20.9 Å². The molecule has 0 aliphatic carbocycles. The normalized spacial score (nSPS) is 16.8. The number of morpholine rings is 1. The molecular weight excluding hydrogens is 684 g/mol. The molecule has 0 saturated carbocycles. The van der Waals surface area contributed by atoms with E-state index in [1.807, 2.05) is 0 Å². The maximum Gasteiger partial charge on any atom is 0.414 e. The highest BCUT2D eigenvalue weighted by Crippen LogP contribution is 2.30. The first kappa shape index (κ1) is 37.6. The summed E-state index contributed by atoms with van der Waals surface area (Å²) in [6.45, 7) is 0.278. The Hall–Kier alpha value is -3.83. The predicted octanol–water partition coefficient (Wildman–Crippen LogP) is 2.80. The Morgan fingerprint density at radius 3 is 2.55 bits per heavy atom. The number of benzene rings is 1. The summed E-state index contributed by atoms with van der Waals surface area (Å²) in [7, 11) is 0. The van der Waals surface area contributed by atoms with Crippen molar-refractivity contribution in [1.29, 1.82) is 0 Å². The Balaban J connectivity index is 0.00000600. The Kier molecular flexibility index (Phi) is 13.9.